The summed E-state index contributed by atoms with van der Waals surface area (Å²) in [6, 6.07) is 15.1. The van der Waals surface area contributed by atoms with Crippen LogP contribution in [0.25, 0.3) is 0 Å². The Balaban J connectivity index is 1.59. The molecule has 1 fully saturated rings. The molecule has 1 heterocycles. The first kappa shape index (κ1) is 27.6. The highest BCUT2D eigenvalue weighted by atomic mass is 16.5. The fourth-order valence-electron chi connectivity index (χ4n) is 3.96. The second-order valence-corrected chi connectivity index (χ2v) is 8.49. The number of carbonyl (C=O) groups is 2. The van der Waals surface area contributed by atoms with Crippen molar-refractivity contribution in [3.8, 4) is 5.75 Å². The standard InChI is InChI=1S/C27H36N2O7/c1-32-15-16-35-20-26(30)29-13-11-28(12-14-29)18-25(23-5-4-6-24(17-23)33-2)36-19-21-7-9-22(10-8-21)27(31)34-3/h4-10,17,25H,11-16,18-20H2,1-3H3/t25-/m0/s1. The molecule has 196 valence electrons. The van der Waals surface area contributed by atoms with Gasteiger partial charge in [0.1, 0.15) is 12.4 Å². The Morgan fingerprint density at radius 3 is 2.36 bits per heavy atom. The number of benzene rings is 2. The van der Waals surface area contributed by atoms with E-state index in [0.29, 0.717) is 45.0 Å². The molecule has 1 aliphatic heterocycles. The van der Waals surface area contributed by atoms with E-state index < -0.39 is 0 Å². The lowest BCUT2D eigenvalue weighted by atomic mass is 10.1. The molecule has 0 aliphatic carbocycles. The van der Waals surface area contributed by atoms with E-state index in [1.54, 1.807) is 26.4 Å². The number of amides is 1. The zero-order valence-corrected chi connectivity index (χ0v) is 21.3. The molecule has 0 bridgehead atoms. The number of piperazine rings is 1. The molecular weight excluding hydrogens is 464 g/mol. The van der Waals surface area contributed by atoms with Crippen LogP contribution >= 0.6 is 0 Å². The minimum Gasteiger partial charge on any atom is -0.497 e. The van der Waals surface area contributed by atoms with Gasteiger partial charge >= 0.3 is 5.97 Å². The Kier molecular flexibility index (Phi) is 11.2. The molecule has 2 aromatic rings. The average Bonchev–Trinajstić information content (AvgIpc) is 2.93. The Labute approximate surface area is 212 Å². The number of rotatable bonds is 13. The molecule has 1 atom stereocenters. The van der Waals surface area contributed by atoms with Gasteiger partial charge in [-0.3, -0.25) is 9.69 Å². The van der Waals surface area contributed by atoms with Crippen molar-refractivity contribution in [3.05, 3.63) is 65.2 Å². The molecule has 2 aromatic carbocycles. The molecule has 0 N–H and O–H groups in total. The molecule has 0 radical (unpaired) electrons. The van der Waals surface area contributed by atoms with Crippen LogP contribution in [-0.4, -0.2) is 95.6 Å². The van der Waals surface area contributed by atoms with E-state index in [1.165, 1.54) is 7.11 Å². The summed E-state index contributed by atoms with van der Waals surface area (Å²) in [6.45, 7) is 4.82. The van der Waals surface area contributed by atoms with E-state index in [-0.39, 0.29) is 24.6 Å². The first-order chi connectivity index (χ1) is 17.5. The average molecular weight is 501 g/mol. The summed E-state index contributed by atoms with van der Waals surface area (Å²) in [5.74, 6) is 0.407. The Morgan fingerprint density at radius 1 is 0.944 bits per heavy atom. The maximum atomic E-state index is 12.4. The van der Waals surface area contributed by atoms with Crippen molar-refractivity contribution in [3.63, 3.8) is 0 Å². The van der Waals surface area contributed by atoms with Gasteiger partial charge in [0.2, 0.25) is 5.91 Å². The molecule has 36 heavy (non-hydrogen) atoms. The van der Waals surface area contributed by atoms with Crippen LogP contribution in [0.2, 0.25) is 0 Å². The van der Waals surface area contributed by atoms with Gasteiger partial charge in [0.25, 0.3) is 0 Å². The molecule has 1 amide bonds. The van der Waals surface area contributed by atoms with Crippen LogP contribution in [0.5, 0.6) is 5.75 Å². The first-order valence-electron chi connectivity index (χ1n) is 12.0. The quantitative estimate of drug-likeness (QED) is 0.306. The summed E-state index contributed by atoms with van der Waals surface area (Å²) < 4.78 is 26.9. The zero-order chi connectivity index (χ0) is 25.8. The zero-order valence-electron chi connectivity index (χ0n) is 21.3. The van der Waals surface area contributed by atoms with Gasteiger partial charge in [-0.25, -0.2) is 4.79 Å². The highest BCUT2D eigenvalue weighted by molar-refractivity contribution is 5.89. The van der Waals surface area contributed by atoms with Crippen molar-refractivity contribution in [2.45, 2.75) is 12.7 Å². The van der Waals surface area contributed by atoms with E-state index in [9.17, 15) is 9.59 Å². The lowest BCUT2D eigenvalue weighted by Crippen LogP contribution is -2.50. The van der Waals surface area contributed by atoms with Gasteiger partial charge in [0.05, 0.1) is 45.7 Å². The monoisotopic (exact) mass is 500 g/mol. The van der Waals surface area contributed by atoms with E-state index in [4.69, 9.17) is 23.7 Å². The van der Waals surface area contributed by atoms with Crippen molar-refractivity contribution in [2.75, 3.05) is 73.9 Å². The molecule has 0 saturated carbocycles. The van der Waals surface area contributed by atoms with E-state index >= 15 is 0 Å². The van der Waals surface area contributed by atoms with Gasteiger partial charge in [-0.05, 0) is 35.4 Å². The maximum Gasteiger partial charge on any atom is 0.337 e. The van der Waals surface area contributed by atoms with Crippen LogP contribution in [0.4, 0.5) is 0 Å². The Hall–Kier alpha value is -2.98. The number of methoxy groups -OCH3 is 3. The van der Waals surface area contributed by atoms with Crippen LogP contribution in [0.3, 0.4) is 0 Å². The SMILES string of the molecule is COCCOCC(=O)N1CCN(C[C@H](OCc2ccc(C(=O)OC)cc2)c2cccc(OC)c2)CC1. The van der Waals surface area contributed by atoms with Crippen molar-refractivity contribution in [2.24, 2.45) is 0 Å². The Bertz CT molecular complexity index is 959. The minimum absolute atomic E-state index is 0.00162. The molecule has 1 saturated heterocycles. The third-order valence-corrected chi connectivity index (χ3v) is 6.10. The van der Waals surface area contributed by atoms with Gasteiger partial charge in [0, 0.05) is 39.8 Å². The van der Waals surface area contributed by atoms with E-state index in [2.05, 4.69) is 4.90 Å². The molecule has 9 heteroatoms. The predicted octanol–water partition coefficient (Wildman–Crippen LogP) is 2.55. The lowest BCUT2D eigenvalue weighted by Gasteiger charge is -2.36. The van der Waals surface area contributed by atoms with Gasteiger partial charge in [-0.2, -0.15) is 0 Å². The third kappa shape index (κ3) is 8.30. The molecule has 3 rings (SSSR count). The summed E-state index contributed by atoms with van der Waals surface area (Å²) in [5, 5.41) is 0. The van der Waals surface area contributed by atoms with Crippen LogP contribution in [0.15, 0.2) is 48.5 Å². The Morgan fingerprint density at radius 2 is 1.69 bits per heavy atom. The molecule has 0 spiro atoms. The highest BCUT2D eigenvalue weighted by Crippen LogP contribution is 2.25. The second-order valence-electron chi connectivity index (χ2n) is 8.49. The van der Waals surface area contributed by atoms with Crippen LogP contribution in [0.1, 0.15) is 27.6 Å². The lowest BCUT2D eigenvalue weighted by molar-refractivity contribution is -0.138. The number of nitrogens with zero attached hydrogens (tertiary/aromatic N) is 2. The number of carbonyl (C=O) groups excluding carboxylic acids is 2. The van der Waals surface area contributed by atoms with Crippen molar-refractivity contribution < 1.29 is 33.3 Å². The number of hydrogen-bond acceptors (Lipinski definition) is 8. The molecule has 0 aromatic heterocycles. The predicted molar refractivity (Wildman–Crippen MR) is 134 cm³/mol. The minimum atomic E-state index is -0.365. The number of hydrogen-bond donors (Lipinski definition) is 0. The van der Waals surface area contributed by atoms with Gasteiger partial charge in [-0.15, -0.1) is 0 Å². The van der Waals surface area contributed by atoms with Gasteiger partial charge < -0.3 is 28.6 Å². The maximum absolute atomic E-state index is 12.4. The smallest absolute Gasteiger partial charge is 0.337 e. The summed E-state index contributed by atoms with van der Waals surface area (Å²) >= 11 is 0. The van der Waals surface area contributed by atoms with Crippen molar-refractivity contribution in [1.82, 2.24) is 9.80 Å². The highest BCUT2D eigenvalue weighted by Gasteiger charge is 2.24. The van der Waals surface area contributed by atoms with Crippen LogP contribution in [-0.2, 0) is 30.3 Å². The molecule has 9 nitrogen and oxygen atoms in total. The van der Waals surface area contributed by atoms with Crippen molar-refractivity contribution >= 4 is 11.9 Å². The fraction of sp³-hybridized carbons (Fsp3) is 0.481. The van der Waals surface area contributed by atoms with Gasteiger partial charge in [0.15, 0.2) is 0 Å². The summed E-state index contributed by atoms with van der Waals surface area (Å²) in [4.78, 5) is 28.2. The number of ether oxygens (including phenoxy) is 5. The summed E-state index contributed by atoms with van der Waals surface area (Å²) in [7, 11) is 4.62. The topological polar surface area (TPSA) is 86.8 Å². The molecular formula is C27H36N2O7. The van der Waals surface area contributed by atoms with E-state index in [1.807, 2.05) is 41.3 Å². The first-order valence-corrected chi connectivity index (χ1v) is 12.0. The third-order valence-electron chi connectivity index (χ3n) is 6.10. The van der Waals surface area contributed by atoms with Crippen LogP contribution < -0.4 is 4.74 Å². The largest absolute Gasteiger partial charge is 0.497 e. The van der Waals surface area contributed by atoms with Crippen molar-refractivity contribution in [1.29, 1.82) is 0 Å². The molecule has 0 unspecified atom stereocenters. The number of esters is 1. The van der Waals surface area contributed by atoms with Gasteiger partial charge in [-0.1, -0.05) is 24.3 Å². The summed E-state index contributed by atoms with van der Waals surface area (Å²) in [6.07, 6.45) is -0.194. The summed E-state index contributed by atoms with van der Waals surface area (Å²) in [5.41, 5.74) is 2.48. The van der Waals surface area contributed by atoms with Crippen LogP contribution in [0, 0.1) is 0 Å². The fourth-order valence-corrected chi connectivity index (χ4v) is 3.96. The van der Waals surface area contributed by atoms with E-state index in [0.717, 1.165) is 30.0 Å². The normalized spacial score (nSPS) is 14.9. The second kappa shape index (κ2) is 14.5. The molecule has 1 aliphatic rings.